The largest absolute Gasteiger partial charge is 0.508 e. The molecular formula is C13H14N2O5S. The van der Waals surface area contributed by atoms with Gasteiger partial charge in [0.15, 0.2) is 0 Å². The first-order chi connectivity index (χ1) is 9.70. The first kappa shape index (κ1) is 14.9. The molecule has 2 aromatic rings. The third-order valence-electron chi connectivity index (χ3n) is 2.96. The van der Waals surface area contributed by atoms with Gasteiger partial charge in [-0.3, -0.25) is 4.72 Å². The van der Waals surface area contributed by atoms with E-state index in [0.717, 1.165) is 6.07 Å². The number of aromatic hydroxyl groups is 1. The lowest BCUT2D eigenvalue weighted by Crippen LogP contribution is -2.13. The van der Waals surface area contributed by atoms with Crippen molar-refractivity contribution in [1.29, 1.82) is 0 Å². The fraction of sp³-hybridized carbons (Fsp3) is 0.154. The molecule has 1 aromatic heterocycles. The fourth-order valence-electron chi connectivity index (χ4n) is 1.86. The molecule has 1 aromatic carbocycles. The number of hydrogen-bond acceptors (Lipinski definition) is 4. The Kier molecular flexibility index (Phi) is 3.65. The number of carboxylic acids is 1. The number of aromatic nitrogens is 1. The van der Waals surface area contributed by atoms with E-state index in [0.29, 0.717) is 11.3 Å². The average molecular weight is 310 g/mol. The highest BCUT2D eigenvalue weighted by Gasteiger charge is 2.20. The summed E-state index contributed by atoms with van der Waals surface area (Å²) in [5.74, 6) is -1.18. The van der Waals surface area contributed by atoms with Crippen LogP contribution >= 0.6 is 0 Å². The number of aryl methyl sites for hydroxylation is 2. The molecule has 0 aliphatic heterocycles. The van der Waals surface area contributed by atoms with E-state index in [1.165, 1.54) is 36.0 Å². The Morgan fingerprint density at radius 3 is 2.48 bits per heavy atom. The normalized spacial score (nSPS) is 11.3. The van der Waals surface area contributed by atoms with Crippen molar-refractivity contribution < 1.29 is 23.4 Å². The number of aromatic carboxylic acids is 1. The molecule has 0 aliphatic carbocycles. The lowest BCUT2D eigenvalue weighted by atomic mass is 10.2. The van der Waals surface area contributed by atoms with Gasteiger partial charge in [0.25, 0.3) is 10.0 Å². The SMILES string of the molecule is Cc1cc(O)ccc1NS(=O)(=O)c1cc(C(=O)O)n(C)c1. The highest BCUT2D eigenvalue weighted by Crippen LogP contribution is 2.24. The molecule has 21 heavy (non-hydrogen) atoms. The van der Waals surface area contributed by atoms with Crippen LogP contribution < -0.4 is 4.72 Å². The fourth-order valence-corrected chi connectivity index (χ4v) is 3.06. The van der Waals surface area contributed by atoms with Crippen molar-refractivity contribution in [2.24, 2.45) is 7.05 Å². The average Bonchev–Trinajstić information content (AvgIpc) is 2.76. The van der Waals surface area contributed by atoms with Crippen molar-refractivity contribution in [3.05, 3.63) is 41.7 Å². The van der Waals surface area contributed by atoms with E-state index in [4.69, 9.17) is 5.11 Å². The van der Waals surface area contributed by atoms with Gasteiger partial charge >= 0.3 is 5.97 Å². The van der Waals surface area contributed by atoms with Gasteiger partial charge in [-0.25, -0.2) is 13.2 Å². The van der Waals surface area contributed by atoms with Crippen molar-refractivity contribution in [3.63, 3.8) is 0 Å². The maximum atomic E-state index is 12.2. The first-order valence-corrected chi connectivity index (χ1v) is 7.41. The molecule has 0 spiro atoms. The molecule has 0 radical (unpaired) electrons. The van der Waals surface area contributed by atoms with E-state index in [-0.39, 0.29) is 16.3 Å². The van der Waals surface area contributed by atoms with Gasteiger partial charge in [0.05, 0.1) is 5.69 Å². The summed E-state index contributed by atoms with van der Waals surface area (Å²) < 4.78 is 28.1. The van der Waals surface area contributed by atoms with Crippen LogP contribution in [0.15, 0.2) is 35.4 Å². The zero-order chi connectivity index (χ0) is 15.8. The molecule has 0 atom stereocenters. The van der Waals surface area contributed by atoms with Crippen LogP contribution in [0.2, 0.25) is 0 Å². The summed E-state index contributed by atoms with van der Waals surface area (Å²) in [5, 5.41) is 18.3. The lowest BCUT2D eigenvalue weighted by Gasteiger charge is -2.09. The first-order valence-electron chi connectivity index (χ1n) is 5.93. The van der Waals surface area contributed by atoms with Crippen LogP contribution in [0, 0.1) is 6.92 Å². The van der Waals surface area contributed by atoms with E-state index in [1.807, 2.05) is 0 Å². The van der Waals surface area contributed by atoms with Crippen LogP contribution in [-0.4, -0.2) is 29.2 Å². The van der Waals surface area contributed by atoms with Crippen LogP contribution in [0.4, 0.5) is 5.69 Å². The summed E-state index contributed by atoms with van der Waals surface area (Å²) in [6.07, 6.45) is 1.22. The molecule has 112 valence electrons. The zero-order valence-corrected chi connectivity index (χ0v) is 12.2. The Bertz CT molecular complexity index is 808. The van der Waals surface area contributed by atoms with Gasteiger partial charge in [0, 0.05) is 13.2 Å². The Balaban J connectivity index is 2.38. The predicted molar refractivity (Wildman–Crippen MR) is 76.0 cm³/mol. The van der Waals surface area contributed by atoms with Gasteiger partial charge in [-0.05, 0) is 36.8 Å². The van der Waals surface area contributed by atoms with Crippen molar-refractivity contribution in [1.82, 2.24) is 4.57 Å². The monoisotopic (exact) mass is 310 g/mol. The Hall–Kier alpha value is -2.48. The topological polar surface area (TPSA) is 109 Å². The minimum Gasteiger partial charge on any atom is -0.508 e. The maximum Gasteiger partial charge on any atom is 0.352 e. The molecule has 7 nitrogen and oxygen atoms in total. The van der Waals surface area contributed by atoms with E-state index in [2.05, 4.69) is 4.72 Å². The van der Waals surface area contributed by atoms with E-state index in [9.17, 15) is 18.3 Å². The zero-order valence-electron chi connectivity index (χ0n) is 11.4. The van der Waals surface area contributed by atoms with Gasteiger partial charge in [0.2, 0.25) is 0 Å². The molecule has 0 saturated carbocycles. The number of carboxylic acid groups (broad SMARTS) is 1. The van der Waals surface area contributed by atoms with Crippen LogP contribution in [0.1, 0.15) is 16.1 Å². The van der Waals surface area contributed by atoms with Gasteiger partial charge in [-0.15, -0.1) is 0 Å². The minimum absolute atomic E-state index is 0.0309. The van der Waals surface area contributed by atoms with E-state index in [1.54, 1.807) is 6.92 Å². The standard InChI is InChI=1S/C13H14N2O5S/c1-8-5-9(16)3-4-11(8)14-21(19,20)10-6-12(13(17)18)15(2)7-10/h3-7,14,16H,1-2H3,(H,17,18). The molecule has 8 heteroatoms. The third kappa shape index (κ3) is 3.00. The molecule has 1 heterocycles. The van der Waals surface area contributed by atoms with Crippen molar-refractivity contribution in [2.75, 3.05) is 4.72 Å². The maximum absolute atomic E-state index is 12.2. The number of nitrogens with zero attached hydrogens (tertiary/aromatic N) is 1. The van der Waals surface area contributed by atoms with Crippen molar-refractivity contribution in [2.45, 2.75) is 11.8 Å². The highest BCUT2D eigenvalue weighted by atomic mass is 32.2. The Labute approximate surface area is 121 Å². The van der Waals surface area contributed by atoms with Gasteiger partial charge in [-0.1, -0.05) is 0 Å². The van der Waals surface area contributed by atoms with E-state index >= 15 is 0 Å². The van der Waals surface area contributed by atoms with Crippen molar-refractivity contribution >= 4 is 21.7 Å². The van der Waals surface area contributed by atoms with E-state index < -0.39 is 16.0 Å². The number of phenolic OH excluding ortho intramolecular Hbond substituents is 1. The number of phenols is 1. The van der Waals surface area contributed by atoms with Crippen LogP contribution in [0.25, 0.3) is 0 Å². The summed E-state index contributed by atoms with van der Waals surface area (Å²) in [4.78, 5) is 10.8. The van der Waals surface area contributed by atoms with Gasteiger partial charge < -0.3 is 14.8 Å². The quantitative estimate of drug-likeness (QED) is 0.742. The number of hydrogen-bond donors (Lipinski definition) is 3. The number of anilines is 1. The minimum atomic E-state index is -3.90. The molecule has 3 N–H and O–H groups in total. The number of carbonyl (C=O) groups is 1. The Morgan fingerprint density at radius 2 is 1.95 bits per heavy atom. The second-order valence-corrected chi connectivity index (χ2v) is 6.26. The van der Waals surface area contributed by atoms with Gasteiger partial charge in [0.1, 0.15) is 16.3 Å². The number of sulfonamides is 1. The molecule has 0 unspecified atom stereocenters. The third-order valence-corrected chi connectivity index (χ3v) is 4.30. The molecule has 0 saturated heterocycles. The molecular weight excluding hydrogens is 296 g/mol. The molecule has 0 bridgehead atoms. The summed E-state index contributed by atoms with van der Waals surface area (Å²) in [6.45, 7) is 1.64. The number of nitrogens with one attached hydrogen (secondary N) is 1. The highest BCUT2D eigenvalue weighted by molar-refractivity contribution is 7.92. The summed E-state index contributed by atoms with van der Waals surface area (Å²) in [7, 11) is -2.45. The predicted octanol–water partition coefficient (Wildman–Crippen LogP) is 1.54. The van der Waals surface area contributed by atoms with Crippen molar-refractivity contribution in [3.8, 4) is 5.75 Å². The summed E-state index contributed by atoms with van der Waals surface area (Å²) in [6, 6.07) is 5.30. The molecule has 2 rings (SSSR count). The lowest BCUT2D eigenvalue weighted by molar-refractivity contribution is 0.0686. The summed E-state index contributed by atoms with van der Waals surface area (Å²) in [5.41, 5.74) is 0.735. The molecule has 0 fully saturated rings. The number of benzene rings is 1. The molecule has 0 aliphatic rings. The van der Waals surface area contributed by atoms with Gasteiger partial charge in [-0.2, -0.15) is 0 Å². The number of rotatable bonds is 4. The second-order valence-electron chi connectivity index (χ2n) is 4.58. The van der Waals surface area contributed by atoms with Crippen LogP contribution in [0.5, 0.6) is 5.75 Å². The Morgan fingerprint density at radius 1 is 1.29 bits per heavy atom. The van der Waals surface area contributed by atoms with Crippen LogP contribution in [-0.2, 0) is 17.1 Å². The smallest absolute Gasteiger partial charge is 0.352 e. The molecule has 0 amide bonds. The second kappa shape index (κ2) is 5.13. The summed E-state index contributed by atoms with van der Waals surface area (Å²) >= 11 is 0. The van der Waals surface area contributed by atoms with Crippen LogP contribution in [0.3, 0.4) is 0 Å².